The molecule has 0 aliphatic carbocycles. The molecule has 0 fully saturated rings. The Kier molecular flexibility index (Phi) is 5.46. The summed E-state index contributed by atoms with van der Waals surface area (Å²) < 4.78 is 0. The van der Waals surface area contributed by atoms with Gasteiger partial charge in [0.2, 0.25) is 0 Å². The molecule has 1 aromatic heterocycles. The Morgan fingerprint density at radius 1 is 1.12 bits per heavy atom. The summed E-state index contributed by atoms with van der Waals surface area (Å²) in [5, 5.41) is 4.75. The molecule has 3 aromatic rings. The lowest BCUT2D eigenvalue weighted by Crippen LogP contribution is -2.24. The molecule has 0 bridgehead atoms. The first-order valence-corrected chi connectivity index (χ1v) is 8.24. The third-order valence-electron chi connectivity index (χ3n) is 3.39. The third-order valence-corrected chi connectivity index (χ3v) is 3.95. The summed E-state index contributed by atoms with van der Waals surface area (Å²) in [4.78, 5) is 30.2. The van der Waals surface area contributed by atoms with Gasteiger partial charge in [0, 0.05) is 16.1 Å². The van der Waals surface area contributed by atoms with Crippen LogP contribution in [0.15, 0.2) is 64.5 Å². The lowest BCUT2D eigenvalue weighted by atomic mass is 10.1. The van der Waals surface area contributed by atoms with E-state index in [4.69, 9.17) is 23.2 Å². The average Bonchev–Trinajstić information content (AvgIpc) is 2.63. The van der Waals surface area contributed by atoms with Gasteiger partial charge in [-0.3, -0.25) is 4.79 Å². The smallest absolute Gasteiger partial charge is 0.301 e. The lowest BCUT2D eigenvalue weighted by molar-refractivity contribution is 0.0949. The number of hydrogen-bond donors (Lipinski definition) is 2. The van der Waals surface area contributed by atoms with Gasteiger partial charge < -0.3 is 4.98 Å². The van der Waals surface area contributed by atoms with Crippen LogP contribution in [0.5, 0.6) is 0 Å². The van der Waals surface area contributed by atoms with E-state index in [2.05, 4.69) is 20.5 Å². The van der Waals surface area contributed by atoms with Crippen LogP contribution in [0.4, 0.5) is 0 Å². The highest BCUT2D eigenvalue weighted by Gasteiger charge is 2.10. The molecule has 130 valence electrons. The quantitative estimate of drug-likeness (QED) is 0.531. The van der Waals surface area contributed by atoms with Gasteiger partial charge in [0.15, 0.2) is 0 Å². The zero-order chi connectivity index (χ0) is 18.5. The van der Waals surface area contributed by atoms with Crippen LogP contribution in [0.2, 0.25) is 10.0 Å². The van der Waals surface area contributed by atoms with Crippen molar-refractivity contribution in [2.75, 3.05) is 0 Å². The van der Waals surface area contributed by atoms with Crippen LogP contribution >= 0.6 is 23.2 Å². The van der Waals surface area contributed by atoms with E-state index in [1.165, 1.54) is 12.3 Å². The van der Waals surface area contributed by atoms with E-state index in [1.54, 1.807) is 30.3 Å². The van der Waals surface area contributed by atoms with Gasteiger partial charge in [0.25, 0.3) is 5.91 Å². The predicted molar refractivity (Wildman–Crippen MR) is 102 cm³/mol. The van der Waals surface area contributed by atoms with Crippen molar-refractivity contribution in [1.82, 2.24) is 15.4 Å². The van der Waals surface area contributed by atoms with Gasteiger partial charge in [-0.25, -0.2) is 10.2 Å². The Morgan fingerprint density at radius 2 is 1.88 bits per heavy atom. The lowest BCUT2D eigenvalue weighted by Gasteiger charge is -2.04. The Labute approximate surface area is 158 Å². The van der Waals surface area contributed by atoms with E-state index in [1.807, 2.05) is 18.2 Å². The number of hydrazone groups is 1. The number of nitrogens with one attached hydrogen (secondary N) is 2. The van der Waals surface area contributed by atoms with E-state index in [0.717, 1.165) is 5.56 Å². The molecule has 0 radical (unpaired) electrons. The number of halogens is 2. The van der Waals surface area contributed by atoms with Crippen molar-refractivity contribution in [2.24, 2.45) is 5.10 Å². The number of aromatic amines is 1. The number of carbonyl (C=O) groups is 1. The first-order chi connectivity index (χ1) is 12.5. The molecule has 1 amide bonds. The van der Waals surface area contributed by atoms with Crippen molar-refractivity contribution in [3.05, 3.63) is 86.4 Å². The zero-order valence-corrected chi connectivity index (χ0v) is 14.8. The minimum Gasteiger partial charge on any atom is -0.301 e. The Balaban J connectivity index is 1.79. The van der Waals surface area contributed by atoms with Crippen LogP contribution in [0, 0.1) is 0 Å². The molecule has 3 rings (SSSR count). The highest BCUT2D eigenvalue weighted by Crippen LogP contribution is 2.19. The van der Waals surface area contributed by atoms with Crippen molar-refractivity contribution in [3.63, 3.8) is 0 Å². The van der Waals surface area contributed by atoms with Crippen molar-refractivity contribution < 1.29 is 4.79 Å². The molecule has 0 aliphatic heterocycles. The minimum absolute atomic E-state index is 0.0446. The number of nitrogens with zero attached hydrogens (tertiary/aromatic N) is 2. The topological polar surface area (TPSA) is 87.2 Å². The fourth-order valence-corrected chi connectivity index (χ4v) is 2.62. The molecule has 8 heteroatoms. The largest absolute Gasteiger partial charge is 0.346 e. The maximum absolute atomic E-state index is 12.2. The summed E-state index contributed by atoms with van der Waals surface area (Å²) in [7, 11) is 0. The molecule has 0 saturated heterocycles. The zero-order valence-electron chi connectivity index (χ0n) is 13.2. The molecule has 1 heterocycles. The SMILES string of the molecule is O=C(N/N=C/c1ccc(Cl)cc1Cl)c1cc(-c2ccccc2)nc(=O)[nH]1. The van der Waals surface area contributed by atoms with E-state index >= 15 is 0 Å². The number of amides is 1. The summed E-state index contributed by atoms with van der Waals surface area (Å²) in [6.45, 7) is 0. The van der Waals surface area contributed by atoms with Crippen LogP contribution in [-0.4, -0.2) is 22.1 Å². The van der Waals surface area contributed by atoms with Gasteiger partial charge in [-0.15, -0.1) is 0 Å². The number of hydrogen-bond acceptors (Lipinski definition) is 4. The maximum Gasteiger partial charge on any atom is 0.346 e. The van der Waals surface area contributed by atoms with Gasteiger partial charge in [0.05, 0.1) is 16.9 Å². The second kappa shape index (κ2) is 7.95. The summed E-state index contributed by atoms with van der Waals surface area (Å²) in [6, 6.07) is 15.5. The van der Waals surface area contributed by atoms with Crippen LogP contribution in [0.25, 0.3) is 11.3 Å². The molecule has 2 N–H and O–H groups in total. The molecular weight excluding hydrogens is 375 g/mol. The normalized spacial score (nSPS) is 10.8. The number of benzene rings is 2. The van der Waals surface area contributed by atoms with Crippen molar-refractivity contribution >= 4 is 35.3 Å². The standard InChI is InChI=1S/C18H12Cl2N4O2/c19-13-7-6-12(14(20)8-13)10-21-24-17(25)16-9-15(22-18(26)23-16)11-4-2-1-3-5-11/h1-10H,(H,24,25)(H,22,23,26)/b21-10+. The van der Waals surface area contributed by atoms with E-state index in [9.17, 15) is 9.59 Å². The van der Waals surface area contributed by atoms with E-state index in [0.29, 0.717) is 21.3 Å². The molecule has 0 unspecified atom stereocenters. The van der Waals surface area contributed by atoms with Gasteiger partial charge in [0.1, 0.15) is 5.69 Å². The van der Waals surface area contributed by atoms with Crippen molar-refractivity contribution in [2.45, 2.75) is 0 Å². The molecular formula is C18H12Cl2N4O2. The summed E-state index contributed by atoms with van der Waals surface area (Å²) in [5.74, 6) is -0.581. The Hall–Kier alpha value is -2.96. The predicted octanol–water partition coefficient (Wildman–Crippen LogP) is 3.51. The molecule has 6 nitrogen and oxygen atoms in total. The third kappa shape index (κ3) is 4.36. The molecule has 0 spiro atoms. The highest BCUT2D eigenvalue weighted by atomic mass is 35.5. The second-order valence-corrected chi connectivity index (χ2v) is 6.06. The first kappa shape index (κ1) is 17.8. The number of rotatable bonds is 4. The van der Waals surface area contributed by atoms with Crippen molar-refractivity contribution in [3.8, 4) is 11.3 Å². The van der Waals surface area contributed by atoms with Crippen LogP contribution < -0.4 is 11.1 Å². The van der Waals surface area contributed by atoms with Gasteiger partial charge in [-0.1, -0.05) is 59.6 Å². The summed E-state index contributed by atoms with van der Waals surface area (Å²) in [5.41, 5.74) is 3.46. The average molecular weight is 387 g/mol. The monoisotopic (exact) mass is 386 g/mol. The van der Waals surface area contributed by atoms with E-state index in [-0.39, 0.29) is 5.69 Å². The number of aromatic nitrogens is 2. The number of carbonyl (C=O) groups excluding carboxylic acids is 1. The molecule has 2 aromatic carbocycles. The molecule has 0 atom stereocenters. The van der Waals surface area contributed by atoms with Gasteiger partial charge >= 0.3 is 5.69 Å². The van der Waals surface area contributed by atoms with E-state index < -0.39 is 11.6 Å². The maximum atomic E-state index is 12.2. The molecule has 26 heavy (non-hydrogen) atoms. The van der Waals surface area contributed by atoms with Crippen LogP contribution in [0.3, 0.4) is 0 Å². The Bertz CT molecular complexity index is 1030. The van der Waals surface area contributed by atoms with Crippen LogP contribution in [0.1, 0.15) is 16.1 Å². The number of H-pyrrole nitrogens is 1. The fourth-order valence-electron chi connectivity index (χ4n) is 2.16. The van der Waals surface area contributed by atoms with Gasteiger partial charge in [-0.2, -0.15) is 10.1 Å². The summed E-state index contributed by atoms with van der Waals surface area (Å²) >= 11 is 11.9. The second-order valence-electron chi connectivity index (χ2n) is 5.22. The molecule has 0 saturated carbocycles. The van der Waals surface area contributed by atoms with Crippen LogP contribution in [-0.2, 0) is 0 Å². The minimum atomic E-state index is -0.624. The molecule has 0 aliphatic rings. The van der Waals surface area contributed by atoms with Crippen molar-refractivity contribution in [1.29, 1.82) is 0 Å². The summed E-state index contributed by atoms with van der Waals surface area (Å²) in [6.07, 6.45) is 1.38. The first-order valence-electron chi connectivity index (χ1n) is 7.48. The Morgan fingerprint density at radius 3 is 2.62 bits per heavy atom. The highest BCUT2D eigenvalue weighted by molar-refractivity contribution is 6.36. The van der Waals surface area contributed by atoms with Gasteiger partial charge in [-0.05, 0) is 18.2 Å². The fraction of sp³-hybridized carbons (Fsp3) is 0.